The third-order valence-electron chi connectivity index (χ3n) is 1.72. The highest BCUT2D eigenvalue weighted by molar-refractivity contribution is 4.61. The van der Waals surface area contributed by atoms with Crippen molar-refractivity contribution < 1.29 is 24.9 Å². The molecule has 0 bridgehead atoms. The van der Waals surface area contributed by atoms with E-state index >= 15 is 0 Å². The number of nitrogens with zero attached hydrogens (tertiary/aromatic N) is 1. The van der Waals surface area contributed by atoms with Gasteiger partial charge >= 0.3 is 0 Å². The Morgan fingerprint density at radius 3 is 2.13 bits per heavy atom. The van der Waals surface area contributed by atoms with Crippen molar-refractivity contribution in [2.75, 3.05) is 40.0 Å². The molecule has 0 amide bonds. The van der Waals surface area contributed by atoms with Crippen molar-refractivity contribution in [2.24, 2.45) is 0 Å². The van der Waals surface area contributed by atoms with Crippen molar-refractivity contribution in [3.8, 4) is 0 Å². The lowest BCUT2D eigenvalue weighted by atomic mass is 10.3. The third kappa shape index (κ3) is 8.73. The van der Waals surface area contributed by atoms with Crippen molar-refractivity contribution in [3.05, 3.63) is 0 Å². The van der Waals surface area contributed by atoms with E-state index in [2.05, 4.69) is 0 Å². The third-order valence-corrected chi connectivity index (χ3v) is 1.72. The molecule has 0 aliphatic heterocycles. The molecule has 0 aromatic heterocycles. The molecule has 0 rings (SSSR count). The van der Waals surface area contributed by atoms with Gasteiger partial charge in [-0.3, -0.25) is 0 Å². The lowest BCUT2D eigenvalue weighted by Gasteiger charge is -2.20. The molecule has 0 fully saturated rings. The second-order valence-electron chi connectivity index (χ2n) is 3.29. The standard InChI is InChI=1S/C9H21NO5/c1-3-15-7-9(12)5-10(13)4-8(11)6-14-2/h8-9,11-13H,3-7H2,1-2H3. The van der Waals surface area contributed by atoms with Gasteiger partial charge in [-0.15, -0.1) is 0 Å². The summed E-state index contributed by atoms with van der Waals surface area (Å²) < 4.78 is 9.67. The molecule has 0 aromatic rings. The maximum absolute atomic E-state index is 9.35. The summed E-state index contributed by atoms with van der Waals surface area (Å²) in [4.78, 5) is 0. The number of ether oxygens (including phenoxy) is 2. The highest BCUT2D eigenvalue weighted by Gasteiger charge is 2.13. The predicted molar refractivity (Wildman–Crippen MR) is 53.7 cm³/mol. The Morgan fingerprint density at radius 2 is 1.67 bits per heavy atom. The van der Waals surface area contributed by atoms with Crippen molar-refractivity contribution in [3.63, 3.8) is 0 Å². The van der Waals surface area contributed by atoms with Gasteiger partial charge in [0.05, 0.1) is 38.5 Å². The van der Waals surface area contributed by atoms with E-state index in [1.807, 2.05) is 6.92 Å². The van der Waals surface area contributed by atoms with Crippen LogP contribution >= 0.6 is 0 Å². The van der Waals surface area contributed by atoms with Crippen LogP contribution in [0.2, 0.25) is 0 Å². The monoisotopic (exact) mass is 223 g/mol. The van der Waals surface area contributed by atoms with E-state index in [0.29, 0.717) is 6.61 Å². The fourth-order valence-corrected chi connectivity index (χ4v) is 1.11. The van der Waals surface area contributed by atoms with E-state index in [-0.39, 0.29) is 26.3 Å². The van der Waals surface area contributed by atoms with E-state index in [4.69, 9.17) is 9.47 Å². The van der Waals surface area contributed by atoms with E-state index in [1.54, 1.807) is 0 Å². The van der Waals surface area contributed by atoms with Crippen LogP contribution in [0.15, 0.2) is 0 Å². The van der Waals surface area contributed by atoms with Gasteiger partial charge in [0.1, 0.15) is 0 Å². The Balaban J connectivity index is 3.57. The number of hydroxylamine groups is 2. The van der Waals surface area contributed by atoms with Gasteiger partial charge in [-0.2, -0.15) is 5.06 Å². The highest BCUT2D eigenvalue weighted by atomic mass is 16.5. The number of rotatable bonds is 9. The molecule has 2 unspecified atom stereocenters. The largest absolute Gasteiger partial charge is 0.389 e. The molecule has 0 aliphatic rings. The lowest BCUT2D eigenvalue weighted by molar-refractivity contribution is -0.143. The average Bonchev–Trinajstić information content (AvgIpc) is 2.14. The Morgan fingerprint density at radius 1 is 1.13 bits per heavy atom. The summed E-state index contributed by atoms with van der Waals surface area (Å²) in [6.45, 7) is 2.75. The number of aliphatic hydroxyl groups excluding tert-OH is 2. The van der Waals surface area contributed by atoms with Gasteiger partial charge in [0.15, 0.2) is 0 Å². The topological polar surface area (TPSA) is 82.4 Å². The van der Waals surface area contributed by atoms with Crippen molar-refractivity contribution in [1.29, 1.82) is 0 Å². The molecule has 0 aromatic carbocycles. The van der Waals surface area contributed by atoms with Gasteiger partial charge in [-0.05, 0) is 6.92 Å². The average molecular weight is 223 g/mol. The first-order chi connectivity index (χ1) is 7.10. The minimum absolute atomic E-state index is 0.0387. The van der Waals surface area contributed by atoms with E-state index in [1.165, 1.54) is 7.11 Å². The smallest absolute Gasteiger partial charge is 0.0923 e. The van der Waals surface area contributed by atoms with Crippen LogP contribution in [-0.2, 0) is 9.47 Å². The predicted octanol–water partition coefficient (Wildman–Crippen LogP) is -0.918. The maximum atomic E-state index is 9.35. The maximum Gasteiger partial charge on any atom is 0.0923 e. The molecule has 0 saturated carbocycles. The van der Waals surface area contributed by atoms with Crippen LogP contribution in [0.5, 0.6) is 0 Å². The molecule has 0 heterocycles. The normalized spacial score (nSPS) is 15.6. The molecule has 0 spiro atoms. The fraction of sp³-hybridized carbons (Fsp3) is 1.00. The molecule has 0 aliphatic carbocycles. The van der Waals surface area contributed by atoms with E-state index < -0.39 is 12.2 Å². The molecule has 92 valence electrons. The fourth-order valence-electron chi connectivity index (χ4n) is 1.11. The molecule has 0 radical (unpaired) electrons. The summed E-state index contributed by atoms with van der Waals surface area (Å²) >= 11 is 0. The number of hydrogen-bond donors (Lipinski definition) is 3. The summed E-state index contributed by atoms with van der Waals surface area (Å²) in [6.07, 6.45) is -1.52. The first-order valence-corrected chi connectivity index (χ1v) is 4.96. The molecule has 6 nitrogen and oxygen atoms in total. The lowest BCUT2D eigenvalue weighted by Crippen LogP contribution is -2.38. The summed E-state index contributed by atoms with van der Waals surface area (Å²) in [5.41, 5.74) is 0. The van der Waals surface area contributed by atoms with Crippen LogP contribution in [0.1, 0.15) is 6.92 Å². The molecule has 6 heteroatoms. The van der Waals surface area contributed by atoms with Gasteiger partial charge in [0.25, 0.3) is 0 Å². The Hall–Kier alpha value is -0.240. The van der Waals surface area contributed by atoms with Gasteiger partial charge < -0.3 is 24.9 Å². The van der Waals surface area contributed by atoms with Crippen LogP contribution in [0.25, 0.3) is 0 Å². The van der Waals surface area contributed by atoms with Crippen LogP contribution in [0, 0.1) is 0 Å². The molecule has 15 heavy (non-hydrogen) atoms. The van der Waals surface area contributed by atoms with Gasteiger partial charge in [-0.25, -0.2) is 0 Å². The molecular weight excluding hydrogens is 202 g/mol. The zero-order valence-corrected chi connectivity index (χ0v) is 9.30. The Bertz CT molecular complexity index is 146. The SMILES string of the molecule is CCOCC(O)CN(O)CC(O)COC. The highest BCUT2D eigenvalue weighted by Crippen LogP contribution is 1.94. The van der Waals surface area contributed by atoms with Gasteiger partial charge in [-0.1, -0.05) is 0 Å². The van der Waals surface area contributed by atoms with Crippen molar-refractivity contribution in [1.82, 2.24) is 5.06 Å². The van der Waals surface area contributed by atoms with Crippen molar-refractivity contribution >= 4 is 0 Å². The minimum Gasteiger partial charge on any atom is -0.389 e. The van der Waals surface area contributed by atoms with Crippen LogP contribution < -0.4 is 0 Å². The summed E-state index contributed by atoms with van der Waals surface area (Å²) in [5, 5.41) is 28.8. The second kappa shape index (κ2) is 9.02. The van der Waals surface area contributed by atoms with E-state index in [9.17, 15) is 15.4 Å². The summed E-state index contributed by atoms with van der Waals surface area (Å²) in [6, 6.07) is 0. The van der Waals surface area contributed by atoms with Crippen molar-refractivity contribution in [2.45, 2.75) is 19.1 Å². The zero-order valence-electron chi connectivity index (χ0n) is 9.30. The Labute approximate surface area is 90.0 Å². The number of methoxy groups -OCH3 is 1. The molecule has 3 N–H and O–H groups in total. The van der Waals surface area contributed by atoms with Crippen LogP contribution in [-0.4, -0.2) is 72.7 Å². The molecular formula is C9H21NO5. The van der Waals surface area contributed by atoms with Crippen LogP contribution in [0.3, 0.4) is 0 Å². The first kappa shape index (κ1) is 14.8. The summed E-state index contributed by atoms with van der Waals surface area (Å²) in [7, 11) is 1.47. The molecule has 2 atom stereocenters. The number of hydrogen-bond acceptors (Lipinski definition) is 6. The van der Waals surface area contributed by atoms with E-state index in [0.717, 1.165) is 5.06 Å². The minimum atomic E-state index is -0.765. The molecule has 0 saturated heterocycles. The van der Waals surface area contributed by atoms with Crippen LogP contribution in [0.4, 0.5) is 0 Å². The summed E-state index contributed by atoms with van der Waals surface area (Å²) in [5.74, 6) is 0. The second-order valence-corrected chi connectivity index (χ2v) is 3.29. The number of aliphatic hydroxyl groups is 2. The van der Waals surface area contributed by atoms with Gasteiger partial charge in [0, 0.05) is 13.7 Å². The first-order valence-electron chi connectivity index (χ1n) is 4.96. The zero-order chi connectivity index (χ0) is 11.7. The van der Waals surface area contributed by atoms with Gasteiger partial charge in [0.2, 0.25) is 0 Å². The Kier molecular flexibility index (Phi) is 8.88. The quantitative estimate of drug-likeness (QED) is 0.439.